The molecule has 0 aliphatic rings. The van der Waals surface area contributed by atoms with E-state index in [4.69, 9.17) is 11.7 Å². The van der Waals surface area contributed by atoms with Crippen LogP contribution in [0.25, 0.3) is 47.6 Å². The summed E-state index contributed by atoms with van der Waals surface area (Å²) in [5.41, 5.74) is 9.14. The van der Waals surface area contributed by atoms with Crippen molar-refractivity contribution in [3.05, 3.63) is 361 Å². The minimum atomic E-state index is -0.722. The molecule has 0 aliphatic heterocycles. The number of hydrazine groups is 2. The molecule has 10 rings (SSSR count). The van der Waals surface area contributed by atoms with Crippen LogP contribution in [-0.2, 0) is 55.2 Å². The summed E-state index contributed by atoms with van der Waals surface area (Å²) >= 11 is 0. The molecule has 0 radical (unpaired) electrons. The predicted octanol–water partition coefficient (Wildman–Crippen LogP) is 15.6. The van der Waals surface area contributed by atoms with Crippen molar-refractivity contribution >= 4 is 83.3 Å². The van der Waals surface area contributed by atoms with Gasteiger partial charge >= 0.3 is 0 Å². The number of hydrogen-bond acceptors (Lipinski definition) is 6. The summed E-state index contributed by atoms with van der Waals surface area (Å²) in [5.74, 6) is 11.8. The van der Waals surface area contributed by atoms with Gasteiger partial charge in [-0.2, -0.15) is 0 Å². The average molecular weight is 1300 g/mol. The Morgan fingerprint density at radius 3 is 0.750 bits per heavy atom. The first-order valence-electron chi connectivity index (χ1n) is 26.7. The number of rotatable bonds is 17. The number of benzene rings is 10. The molecule has 6 nitrogen and oxygen atoms in total. The smallest absolute Gasteiger partial charge is 0.178 e. The van der Waals surface area contributed by atoms with Gasteiger partial charge in [-0.15, -0.1) is 0 Å². The molecule has 0 amide bonds. The number of nitrogens with two attached hydrogens (primary N) is 2. The quantitative estimate of drug-likeness (QED) is 0.0309. The van der Waals surface area contributed by atoms with Crippen LogP contribution in [0.5, 0.6) is 0 Å². The molecule has 0 saturated heterocycles. The molecule has 4 N–H and O–H groups in total. The first kappa shape index (κ1) is 65.9. The zero-order valence-corrected chi connectivity index (χ0v) is 50.1. The standard InChI is InChI=1S/C24H22N3P.3C17H14O.2Pd/c25-27(26)23-17-9-7-15-21(23)22-16-8-10-18-24(22)28(19-11-3-1-4-12-19)20-13-5-2-6-14-20;3*18-17(13-11-15-7-3-1-4-8-15)14-12-16-9-5-2-6-10-16;;/h1-18H,25-26H2;3*1-14H;;/b;3*13-11+,14-12+;;. The fraction of sp³-hybridized carbons (Fsp3) is 0. The van der Waals surface area contributed by atoms with Crippen LogP contribution < -0.4 is 32.7 Å². The van der Waals surface area contributed by atoms with E-state index in [0.29, 0.717) is 0 Å². The normalized spacial score (nSPS) is 10.8. The number of nitrogens with zero attached hydrogens (tertiary/aromatic N) is 1. The number of para-hydroxylation sites is 1. The van der Waals surface area contributed by atoms with Crippen LogP contribution in [-0.4, -0.2) is 17.3 Å². The van der Waals surface area contributed by atoms with Crippen molar-refractivity contribution in [1.29, 1.82) is 0 Å². The molecular weight excluding hydrogens is 1230 g/mol. The molecule has 422 valence electrons. The Kier molecular flexibility index (Phi) is 29.8. The van der Waals surface area contributed by atoms with Gasteiger partial charge in [0.1, 0.15) is 0 Å². The van der Waals surface area contributed by atoms with Gasteiger partial charge in [0.05, 0.1) is 5.69 Å². The summed E-state index contributed by atoms with van der Waals surface area (Å²) in [4.78, 5) is 34.8. The monoisotopic (exact) mass is 1300 g/mol. The Bertz CT molecular complexity index is 3250. The number of carbonyl (C=O) groups excluding carboxylic acids is 3. The molecule has 0 fully saturated rings. The molecule has 0 saturated carbocycles. The Morgan fingerprint density at radius 1 is 0.274 bits per heavy atom. The first-order valence-corrected chi connectivity index (χ1v) is 28.0. The Labute approximate surface area is 523 Å². The molecule has 0 heterocycles. The fourth-order valence-corrected chi connectivity index (χ4v) is 10.5. The molecule has 9 heteroatoms. The second-order valence-corrected chi connectivity index (χ2v) is 20.3. The third-order valence-corrected chi connectivity index (χ3v) is 14.6. The van der Waals surface area contributed by atoms with Gasteiger partial charge in [0.15, 0.2) is 17.3 Å². The second-order valence-electron chi connectivity index (χ2n) is 18.1. The van der Waals surface area contributed by atoms with Crippen molar-refractivity contribution in [2.75, 3.05) is 5.12 Å². The Morgan fingerprint density at radius 2 is 0.488 bits per heavy atom. The molecule has 0 unspecified atom stereocenters. The van der Waals surface area contributed by atoms with Crippen LogP contribution in [0.15, 0.2) is 328 Å². The predicted molar refractivity (Wildman–Crippen MR) is 349 cm³/mol. The summed E-state index contributed by atoms with van der Waals surface area (Å²) in [6.07, 6.45) is 20.4. The van der Waals surface area contributed by atoms with Crippen molar-refractivity contribution < 1.29 is 55.2 Å². The van der Waals surface area contributed by atoms with Crippen LogP contribution in [0.4, 0.5) is 5.69 Å². The SMILES string of the molecule is NN(N)c1ccccc1-c1ccccc1P(c1ccccc1)c1ccccc1.O=C(/C=C/c1ccccc1)/C=C/c1ccccc1.O=C(/C=C/c1ccccc1)/C=C/c1ccccc1.O=C(/C=C/c1ccccc1)/C=C/c1ccccc1.[Pd].[Pd]. The third kappa shape index (κ3) is 23.5. The van der Waals surface area contributed by atoms with Gasteiger partial charge in [0.25, 0.3) is 0 Å². The van der Waals surface area contributed by atoms with Gasteiger partial charge in [0, 0.05) is 46.4 Å². The van der Waals surface area contributed by atoms with Crippen molar-refractivity contribution in [3.8, 4) is 11.1 Å². The molecule has 84 heavy (non-hydrogen) atoms. The van der Waals surface area contributed by atoms with E-state index >= 15 is 0 Å². The summed E-state index contributed by atoms with van der Waals surface area (Å²) in [6, 6.07) is 96.5. The molecule has 0 aliphatic carbocycles. The number of hydrogen-bond donors (Lipinski definition) is 2. The minimum Gasteiger partial charge on any atom is -0.290 e. The van der Waals surface area contributed by atoms with Gasteiger partial charge in [-0.25, -0.2) is 16.8 Å². The Balaban J connectivity index is 0.000000208. The van der Waals surface area contributed by atoms with Gasteiger partial charge in [0.2, 0.25) is 0 Å². The third-order valence-electron chi connectivity index (χ3n) is 12.1. The van der Waals surface area contributed by atoms with E-state index in [2.05, 4.69) is 91.0 Å². The molecule has 0 spiro atoms. The van der Waals surface area contributed by atoms with E-state index < -0.39 is 7.92 Å². The number of carbonyl (C=O) groups is 3. The molecule has 0 atom stereocenters. The van der Waals surface area contributed by atoms with Gasteiger partial charge < -0.3 is 0 Å². The van der Waals surface area contributed by atoms with Gasteiger partial charge in [-0.3, -0.25) is 14.4 Å². The van der Waals surface area contributed by atoms with Crippen molar-refractivity contribution in [3.63, 3.8) is 0 Å². The first-order chi connectivity index (χ1) is 40.3. The van der Waals surface area contributed by atoms with E-state index in [9.17, 15) is 14.4 Å². The van der Waals surface area contributed by atoms with Crippen LogP contribution in [0, 0.1) is 0 Å². The molecule has 0 aromatic heterocycles. The zero-order chi connectivity index (χ0) is 57.2. The van der Waals surface area contributed by atoms with Gasteiger partial charge in [-0.05, 0) is 105 Å². The minimum absolute atomic E-state index is 0. The van der Waals surface area contributed by atoms with Crippen LogP contribution >= 0.6 is 7.92 Å². The van der Waals surface area contributed by atoms with Crippen molar-refractivity contribution in [2.24, 2.45) is 11.7 Å². The average Bonchev–Trinajstić information content (AvgIpc) is 2.73. The molecule has 0 bridgehead atoms. The van der Waals surface area contributed by atoms with Gasteiger partial charge in [-0.1, -0.05) is 322 Å². The largest absolute Gasteiger partial charge is 0.290 e. The number of allylic oxidation sites excluding steroid dienone is 6. The number of anilines is 1. The van der Waals surface area contributed by atoms with Crippen LogP contribution in [0.1, 0.15) is 33.4 Å². The van der Waals surface area contributed by atoms with Crippen LogP contribution in [0.3, 0.4) is 0 Å². The van der Waals surface area contributed by atoms with E-state index in [1.54, 1.807) is 36.5 Å². The summed E-state index contributed by atoms with van der Waals surface area (Å²) in [6.45, 7) is 0. The fourth-order valence-electron chi connectivity index (χ4n) is 8.03. The maximum atomic E-state index is 11.6. The summed E-state index contributed by atoms with van der Waals surface area (Å²) in [7, 11) is -0.722. The second kappa shape index (κ2) is 38.0. The zero-order valence-electron chi connectivity index (χ0n) is 46.0. The van der Waals surface area contributed by atoms with E-state index in [0.717, 1.165) is 50.2 Å². The summed E-state index contributed by atoms with van der Waals surface area (Å²) < 4.78 is 0. The molecule has 10 aromatic rings. The molecular formula is C75H64N3O3PPd2. The van der Waals surface area contributed by atoms with E-state index in [1.165, 1.54) is 21.0 Å². The van der Waals surface area contributed by atoms with E-state index in [-0.39, 0.29) is 58.2 Å². The van der Waals surface area contributed by atoms with E-state index in [1.807, 2.05) is 237 Å². The maximum Gasteiger partial charge on any atom is 0.178 e. The van der Waals surface area contributed by atoms with Crippen molar-refractivity contribution in [2.45, 2.75) is 0 Å². The maximum absolute atomic E-state index is 11.6. The Hall–Kier alpha value is -8.88. The van der Waals surface area contributed by atoms with Crippen molar-refractivity contribution in [1.82, 2.24) is 0 Å². The number of ketones is 3. The topological polar surface area (TPSA) is 106 Å². The van der Waals surface area contributed by atoms with Crippen LogP contribution in [0.2, 0.25) is 0 Å². The molecule has 10 aromatic carbocycles. The summed E-state index contributed by atoms with van der Waals surface area (Å²) in [5, 5.41) is 5.10.